The molecular formula is C12H13F3N2O. The van der Waals surface area contributed by atoms with Crippen molar-refractivity contribution < 1.29 is 18.0 Å². The first-order chi connectivity index (χ1) is 8.46. The number of rotatable bonds is 4. The Hall–Kier alpha value is -1.59. The lowest BCUT2D eigenvalue weighted by Gasteiger charge is -2.23. The van der Waals surface area contributed by atoms with E-state index in [1.807, 2.05) is 0 Å². The Kier molecular flexibility index (Phi) is 3.54. The molecule has 1 aromatic heterocycles. The van der Waals surface area contributed by atoms with Crippen molar-refractivity contribution in [3.63, 3.8) is 0 Å². The zero-order chi connectivity index (χ0) is 13.2. The van der Waals surface area contributed by atoms with Gasteiger partial charge in [0.15, 0.2) is 0 Å². The number of hydrogen-bond acceptors (Lipinski definition) is 2. The molecule has 3 nitrogen and oxygen atoms in total. The van der Waals surface area contributed by atoms with Crippen LogP contribution in [0.15, 0.2) is 24.5 Å². The Balaban J connectivity index is 2.02. The zero-order valence-corrected chi connectivity index (χ0v) is 9.65. The Morgan fingerprint density at radius 1 is 1.44 bits per heavy atom. The Labute approximate surface area is 103 Å². The molecule has 18 heavy (non-hydrogen) atoms. The fourth-order valence-corrected chi connectivity index (χ4v) is 1.77. The lowest BCUT2D eigenvalue weighted by molar-refractivity contribution is -0.162. The van der Waals surface area contributed by atoms with Gasteiger partial charge in [-0.25, -0.2) is 0 Å². The molecule has 1 amide bonds. The van der Waals surface area contributed by atoms with Crippen LogP contribution in [0.5, 0.6) is 0 Å². The SMILES string of the molecule is O=C(CC(F)(F)F)N(Cc1cccnc1)C1CC1. The highest BCUT2D eigenvalue weighted by molar-refractivity contribution is 5.77. The first kappa shape index (κ1) is 12.9. The summed E-state index contributed by atoms with van der Waals surface area (Å²) in [5.74, 6) is -0.853. The van der Waals surface area contributed by atoms with Crippen LogP contribution in [0.25, 0.3) is 0 Å². The monoisotopic (exact) mass is 258 g/mol. The molecule has 0 saturated heterocycles. The first-order valence-corrected chi connectivity index (χ1v) is 5.71. The van der Waals surface area contributed by atoms with Crippen LogP contribution in [-0.4, -0.2) is 28.0 Å². The van der Waals surface area contributed by atoms with Gasteiger partial charge in [-0.1, -0.05) is 6.07 Å². The van der Waals surface area contributed by atoms with Crippen molar-refractivity contribution in [2.45, 2.75) is 38.0 Å². The van der Waals surface area contributed by atoms with E-state index in [1.165, 1.54) is 4.90 Å². The number of halogens is 3. The van der Waals surface area contributed by atoms with Crippen LogP contribution in [0.1, 0.15) is 24.8 Å². The maximum Gasteiger partial charge on any atom is 0.397 e. The third-order valence-electron chi connectivity index (χ3n) is 2.74. The van der Waals surface area contributed by atoms with Crippen molar-refractivity contribution in [2.24, 2.45) is 0 Å². The van der Waals surface area contributed by atoms with E-state index in [0.29, 0.717) is 0 Å². The van der Waals surface area contributed by atoms with Gasteiger partial charge in [-0.2, -0.15) is 13.2 Å². The van der Waals surface area contributed by atoms with Gasteiger partial charge in [0.2, 0.25) is 5.91 Å². The molecule has 0 radical (unpaired) electrons. The molecule has 1 saturated carbocycles. The van der Waals surface area contributed by atoms with Gasteiger partial charge in [0, 0.05) is 25.0 Å². The van der Waals surface area contributed by atoms with Gasteiger partial charge >= 0.3 is 6.18 Å². The second-order valence-corrected chi connectivity index (χ2v) is 4.41. The summed E-state index contributed by atoms with van der Waals surface area (Å²) in [7, 11) is 0. The highest BCUT2D eigenvalue weighted by Gasteiger charge is 2.38. The molecule has 0 spiro atoms. The summed E-state index contributed by atoms with van der Waals surface area (Å²) in [6.45, 7) is 0.202. The van der Waals surface area contributed by atoms with E-state index in [1.54, 1.807) is 24.5 Å². The van der Waals surface area contributed by atoms with E-state index < -0.39 is 18.5 Å². The predicted octanol–water partition coefficient (Wildman–Crippen LogP) is 2.53. The quantitative estimate of drug-likeness (QED) is 0.831. The van der Waals surface area contributed by atoms with Gasteiger partial charge in [0.1, 0.15) is 6.42 Å². The lowest BCUT2D eigenvalue weighted by Crippen LogP contribution is -2.35. The molecule has 0 unspecified atom stereocenters. The standard InChI is InChI=1S/C12H13F3N2O/c13-12(14,15)6-11(18)17(10-3-4-10)8-9-2-1-5-16-7-9/h1-2,5,7,10H,3-4,6,8H2. The molecule has 0 aromatic carbocycles. The minimum Gasteiger partial charge on any atom is -0.335 e. The van der Waals surface area contributed by atoms with Crippen molar-refractivity contribution in [3.05, 3.63) is 30.1 Å². The topological polar surface area (TPSA) is 33.2 Å². The summed E-state index contributed by atoms with van der Waals surface area (Å²) in [5.41, 5.74) is 0.750. The third kappa shape index (κ3) is 3.72. The van der Waals surface area contributed by atoms with Crippen molar-refractivity contribution >= 4 is 5.91 Å². The van der Waals surface area contributed by atoms with Crippen LogP contribution >= 0.6 is 0 Å². The molecule has 0 N–H and O–H groups in total. The Morgan fingerprint density at radius 2 is 2.17 bits per heavy atom. The number of nitrogens with zero attached hydrogens (tertiary/aromatic N) is 2. The fourth-order valence-electron chi connectivity index (χ4n) is 1.77. The summed E-state index contributed by atoms with van der Waals surface area (Å²) in [4.78, 5) is 16.8. The minimum atomic E-state index is -4.45. The maximum atomic E-state index is 12.2. The summed E-state index contributed by atoms with van der Waals surface area (Å²) in [5, 5.41) is 0. The molecule has 1 heterocycles. The van der Waals surface area contributed by atoms with Gasteiger partial charge in [0.25, 0.3) is 0 Å². The smallest absolute Gasteiger partial charge is 0.335 e. The minimum absolute atomic E-state index is 0.0416. The molecule has 1 aliphatic rings. The Bertz CT molecular complexity index is 415. The van der Waals surface area contributed by atoms with E-state index in [-0.39, 0.29) is 12.6 Å². The van der Waals surface area contributed by atoms with Crippen molar-refractivity contribution in [2.75, 3.05) is 0 Å². The van der Waals surface area contributed by atoms with E-state index in [4.69, 9.17) is 0 Å². The normalized spacial score (nSPS) is 15.5. The zero-order valence-electron chi connectivity index (χ0n) is 9.65. The second-order valence-electron chi connectivity index (χ2n) is 4.41. The second kappa shape index (κ2) is 4.96. The highest BCUT2D eigenvalue weighted by atomic mass is 19.4. The van der Waals surface area contributed by atoms with Crippen LogP contribution in [0.3, 0.4) is 0 Å². The number of amides is 1. The molecule has 0 atom stereocenters. The molecule has 1 fully saturated rings. The van der Waals surface area contributed by atoms with Crippen LogP contribution in [0, 0.1) is 0 Å². The number of carbonyl (C=O) groups is 1. The van der Waals surface area contributed by atoms with Crippen LogP contribution in [0.2, 0.25) is 0 Å². The van der Waals surface area contributed by atoms with Crippen molar-refractivity contribution in [1.82, 2.24) is 9.88 Å². The van der Waals surface area contributed by atoms with Gasteiger partial charge in [-0.05, 0) is 24.5 Å². The van der Waals surface area contributed by atoms with E-state index in [9.17, 15) is 18.0 Å². The van der Waals surface area contributed by atoms with Crippen molar-refractivity contribution in [3.8, 4) is 0 Å². The molecule has 0 aliphatic heterocycles. The van der Waals surface area contributed by atoms with Gasteiger partial charge in [0.05, 0.1) is 0 Å². The molecule has 6 heteroatoms. The average Bonchev–Trinajstić information content (AvgIpc) is 3.08. The number of alkyl halides is 3. The summed E-state index contributed by atoms with van der Waals surface area (Å²) in [6.07, 6.45) is -1.12. The fraction of sp³-hybridized carbons (Fsp3) is 0.500. The molecule has 1 aliphatic carbocycles. The highest BCUT2D eigenvalue weighted by Crippen LogP contribution is 2.31. The predicted molar refractivity (Wildman–Crippen MR) is 58.5 cm³/mol. The number of pyridine rings is 1. The summed E-state index contributed by atoms with van der Waals surface area (Å²) < 4.78 is 36.7. The first-order valence-electron chi connectivity index (χ1n) is 5.71. The van der Waals surface area contributed by atoms with Crippen molar-refractivity contribution in [1.29, 1.82) is 0 Å². The van der Waals surface area contributed by atoms with Crippen LogP contribution in [0.4, 0.5) is 13.2 Å². The molecule has 98 valence electrons. The molecule has 1 aromatic rings. The largest absolute Gasteiger partial charge is 0.397 e. The van der Waals surface area contributed by atoms with E-state index >= 15 is 0 Å². The summed E-state index contributed by atoms with van der Waals surface area (Å²) in [6, 6.07) is 3.41. The van der Waals surface area contributed by atoms with E-state index in [2.05, 4.69) is 4.98 Å². The Morgan fingerprint density at radius 3 is 2.67 bits per heavy atom. The molecule has 2 rings (SSSR count). The third-order valence-corrected chi connectivity index (χ3v) is 2.74. The molecular weight excluding hydrogens is 245 g/mol. The van der Waals surface area contributed by atoms with Gasteiger partial charge in [-0.15, -0.1) is 0 Å². The van der Waals surface area contributed by atoms with E-state index in [0.717, 1.165) is 18.4 Å². The maximum absolute atomic E-state index is 12.2. The summed E-state index contributed by atoms with van der Waals surface area (Å²) >= 11 is 0. The van der Waals surface area contributed by atoms with Gasteiger partial charge in [-0.3, -0.25) is 9.78 Å². The number of hydrogen-bond donors (Lipinski definition) is 0. The lowest BCUT2D eigenvalue weighted by atomic mass is 10.2. The van der Waals surface area contributed by atoms with Crippen LogP contribution < -0.4 is 0 Å². The number of carbonyl (C=O) groups excluding carboxylic acids is 1. The van der Waals surface area contributed by atoms with Gasteiger partial charge < -0.3 is 4.90 Å². The molecule has 0 bridgehead atoms. The average molecular weight is 258 g/mol. The van der Waals surface area contributed by atoms with Crippen LogP contribution in [-0.2, 0) is 11.3 Å². The number of aromatic nitrogens is 1.